The number of rotatable bonds is 4. The normalized spacial score (nSPS) is 11.8. The van der Waals surface area contributed by atoms with Crippen molar-refractivity contribution in [2.24, 2.45) is 5.92 Å². The summed E-state index contributed by atoms with van der Waals surface area (Å²) in [5.74, 6) is -0.459. The van der Waals surface area contributed by atoms with Gasteiger partial charge in [-0.1, -0.05) is 29.3 Å². The van der Waals surface area contributed by atoms with Gasteiger partial charge in [-0.25, -0.2) is 0 Å². The summed E-state index contributed by atoms with van der Waals surface area (Å²) < 4.78 is 5.08. The molecule has 1 aromatic carbocycles. The largest absolute Gasteiger partial charge is 0.466 e. The maximum absolute atomic E-state index is 11.8. The molecule has 0 aromatic heterocycles. The third-order valence-electron chi connectivity index (χ3n) is 2.77. The Morgan fingerprint density at radius 1 is 1.28 bits per heavy atom. The van der Waals surface area contributed by atoms with Crippen LogP contribution in [0.15, 0.2) is 29.8 Å². The number of halogens is 1. The average Bonchev–Trinajstić information content (AvgIpc) is 2.31. The molecule has 0 amide bonds. The number of esters is 1. The van der Waals surface area contributed by atoms with E-state index in [1.807, 2.05) is 52.0 Å². The van der Waals surface area contributed by atoms with Crippen molar-refractivity contribution < 1.29 is 9.53 Å². The van der Waals surface area contributed by atoms with Gasteiger partial charge >= 0.3 is 5.97 Å². The fraction of sp³-hybridized carbons (Fsp3) is 0.400. The van der Waals surface area contributed by atoms with Gasteiger partial charge in [-0.05, 0) is 51.0 Å². The third kappa shape index (κ3) is 3.61. The van der Waals surface area contributed by atoms with E-state index < -0.39 is 0 Å². The maximum atomic E-state index is 11.8. The van der Waals surface area contributed by atoms with Crippen LogP contribution in [-0.4, -0.2) is 12.6 Å². The van der Waals surface area contributed by atoms with Crippen LogP contribution in [0.4, 0.5) is 0 Å². The lowest BCUT2D eigenvalue weighted by molar-refractivity contribution is -0.145. The Hall–Kier alpha value is -1.28. The first-order chi connectivity index (χ1) is 8.47. The highest BCUT2D eigenvalue weighted by Gasteiger charge is 2.21. The Labute approximate surface area is 114 Å². The van der Waals surface area contributed by atoms with Crippen LogP contribution >= 0.6 is 11.6 Å². The lowest BCUT2D eigenvalue weighted by Gasteiger charge is -2.17. The van der Waals surface area contributed by atoms with Crippen LogP contribution in [0.3, 0.4) is 0 Å². The van der Waals surface area contributed by atoms with Gasteiger partial charge in [0.25, 0.3) is 0 Å². The molecule has 1 aromatic rings. The van der Waals surface area contributed by atoms with E-state index >= 15 is 0 Å². The molecule has 0 saturated carbocycles. The number of hydrogen-bond acceptors (Lipinski definition) is 2. The SMILES string of the molecule is CCOC(=O)C(C)C(=C(C)C)c1ccc(Cl)cc1. The fourth-order valence-electron chi connectivity index (χ4n) is 1.99. The number of ether oxygens (including phenoxy) is 1. The molecule has 0 radical (unpaired) electrons. The zero-order chi connectivity index (χ0) is 13.7. The standard InChI is InChI=1S/C15H19ClO2/c1-5-18-15(17)11(4)14(10(2)3)12-6-8-13(16)9-7-12/h6-9,11H,5H2,1-4H3. The quantitative estimate of drug-likeness (QED) is 0.758. The Balaban J connectivity index is 3.09. The molecule has 2 nitrogen and oxygen atoms in total. The zero-order valence-corrected chi connectivity index (χ0v) is 12.0. The molecular formula is C15H19ClO2. The van der Waals surface area contributed by atoms with Crippen molar-refractivity contribution in [3.63, 3.8) is 0 Å². The molecule has 98 valence electrons. The van der Waals surface area contributed by atoms with Crippen molar-refractivity contribution in [1.82, 2.24) is 0 Å². The minimum absolute atomic E-state index is 0.191. The second-order valence-corrected chi connectivity index (χ2v) is 4.83. The average molecular weight is 267 g/mol. The van der Waals surface area contributed by atoms with Crippen molar-refractivity contribution in [3.05, 3.63) is 40.4 Å². The summed E-state index contributed by atoms with van der Waals surface area (Å²) in [6.45, 7) is 8.09. The van der Waals surface area contributed by atoms with Gasteiger partial charge in [0.1, 0.15) is 0 Å². The summed E-state index contributed by atoms with van der Waals surface area (Å²) in [6.07, 6.45) is 0. The molecule has 1 atom stereocenters. The molecule has 0 fully saturated rings. The van der Waals surface area contributed by atoms with Crippen LogP contribution in [0.1, 0.15) is 33.3 Å². The lowest BCUT2D eigenvalue weighted by Crippen LogP contribution is -2.17. The molecule has 0 bridgehead atoms. The van der Waals surface area contributed by atoms with Crippen molar-refractivity contribution in [2.75, 3.05) is 6.61 Å². The molecule has 0 aliphatic carbocycles. The predicted molar refractivity (Wildman–Crippen MR) is 75.5 cm³/mol. The van der Waals surface area contributed by atoms with Crippen LogP contribution in [0.25, 0.3) is 5.57 Å². The molecule has 0 saturated heterocycles. The van der Waals surface area contributed by atoms with Gasteiger partial charge in [-0.3, -0.25) is 4.79 Å². The first-order valence-electron chi connectivity index (χ1n) is 6.07. The number of hydrogen-bond donors (Lipinski definition) is 0. The Morgan fingerprint density at radius 3 is 2.28 bits per heavy atom. The van der Waals surface area contributed by atoms with Crippen molar-refractivity contribution in [2.45, 2.75) is 27.7 Å². The Bertz CT molecular complexity index is 442. The van der Waals surface area contributed by atoms with Crippen LogP contribution in [0.5, 0.6) is 0 Å². The second kappa shape index (κ2) is 6.60. The topological polar surface area (TPSA) is 26.3 Å². The van der Waals surface area contributed by atoms with E-state index in [-0.39, 0.29) is 11.9 Å². The molecule has 0 heterocycles. The molecule has 0 aliphatic heterocycles. The Kier molecular flexibility index (Phi) is 5.42. The summed E-state index contributed by atoms with van der Waals surface area (Å²) >= 11 is 5.88. The highest BCUT2D eigenvalue weighted by Crippen LogP contribution is 2.28. The zero-order valence-electron chi connectivity index (χ0n) is 11.3. The minimum atomic E-state index is -0.267. The van der Waals surface area contributed by atoms with Crippen molar-refractivity contribution in [1.29, 1.82) is 0 Å². The molecule has 18 heavy (non-hydrogen) atoms. The Morgan fingerprint density at radius 2 is 1.83 bits per heavy atom. The highest BCUT2D eigenvalue weighted by molar-refractivity contribution is 6.30. The molecule has 0 N–H and O–H groups in total. The molecular weight excluding hydrogens is 248 g/mol. The molecule has 0 spiro atoms. The van der Waals surface area contributed by atoms with Gasteiger partial charge in [0.2, 0.25) is 0 Å². The van der Waals surface area contributed by atoms with Gasteiger partial charge in [0, 0.05) is 5.02 Å². The van der Waals surface area contributed by atoms with Crippen LogP contribution < -0.4 is 0 Å². The molecule has 0 aliphatic rings. The van der Waals surface area contributed by atoms with Crippen LogP contribution in [0.2, 0.25) is 5.02 Å². The minimum Gasteiger partial charge on any atom is -0.466 e. The van der Waals surface area contributed by atoms with Crippen molar-refractivity contribution >= 4 is 23.1 Å². The summed E-state index contributed by atoms with van der Waals surface area (Å²) in [7, 11) is 0. The van der Waals surface area contributed by atoms with Gasteiger partial charge in [0.05, 0.1) is 12.5 Å². The van der Waals surface area contributed by atoms with E-state index in [2.05, 4.69) is 0 Å². The van der Waals surface area contributed by atoms with Gasteiger partial charge < -0.3 is 4.74 Å². The van der Waals surface area contributed by atoms with E-state index in [0.717, 1.165) is 16.7 Å². The summed E-state index contributed by atoms with van der Waals surface area (Å²) in [4.78, 5) is 11.8. The van der Waals surface area contributed by atoms with E-state index in [0.29, 0.717) is 11.6 Å². The third-order valence-corrected chi connectivity index (χ3v) is 3.02. The number of carbonyl (C=O) groups is 1. The number of benzene rings is 1. The van der Waals surface area contributed by atoms with E-state index in [4.69, 9.17) is 16.3 Å². The summed E-state index contributed by atoms with van der Waals surface area (Å²) in [6, 6.07) is 7.52. The maximum Gasteiger partial charge on any atom is 0.313 e. The van der Waals surface area contributed by atoms with E-state index in [1.54, 1.807) is 0 Å². The highest BCUT2D eigenvalue weighted by atomic mass is 35.5. The monoisotopic (exact) mass is 266 g/mol. The van der Waals surface area contributed by atoms with Gasteiger partial charge in [-0.2, -0.15) is 0 Å². The van der Waals surface area contributed by atoms with E-state index in [1.165, 1.54) is 0 Å². The predicted octanol–water partition coefficient (Wildman–Crippen LogP) is 4.33. The van der Waals surface area contributed by atoms with Crippen LogP contribution in [-0.2, 0) is 9.53 Å². The van der Waals surface area contributed by atoms with Crippen LogP contribution in [0, 0.1) is 5.92 Å². The van der Waals surface area contributed by atoms with Gasteiger partial charge in [0.15, 0.2) is 0 Å². The number of carbonyl (C=O) groups excluding carboxylic acids is 1. The fourth-order valence-corrected chi connectivity index (χ4v) is 2.11. The molecule has 1 unspecified atom stereocenters. The first-order valence-corrected chi connectivity index (χ1v) is 6.45. The summed E-state index contributed by atoms with van der Waals surface area (Å²) in [5.41, 5.74) is 3.13. The second-order valence-electron chi connectivity index (χ2n) is 4.39. The molecule has 3 heteroatoms. The summed E-state index contributed by atoms with van der Waals surface area (Å²) in [5, 5.41) is 0.690. The molecule has 1 rings (SSSR count). The van der Waals surface area contributed by atoms with Crippen molar-refractivity contribution in [3.8, 4) is 0 Å². The smallest absolute Gasteiger partial charge is 0.313 e. The van der Waals surface area contributed by atoms with E-state index in [9.17, 15) is 4.79 Å². The lowest BCUT2D eigenvalue weighted by atomic mass is 9.90. The first kappa shape index (κ1) is 14.8. The number of allylic oxidation sites excluding steroid dienone is 1. The van der Waals surface area contributed by atoms with Gasteiger partial charge in [-0.15, -0.1) is 0 Å².